The lowest BCUT2D eigenvalue weighted by Gasteiger charge is -2.08. The third-order valence-corrected chi connectivity index (χ3v) is 2.82. The molecule has 1 heterocycles. The molecule has 1 aromatic carbocycles. The molecule has 0 aliphatic heterocycles. The van der Waals surface area contributed by atoms with Crippen molar-refractivity contribution < 1.29 is 9.13 Å². The summed E-state index contributed by atoms with van der Waals surface area (Å²) in [6, 6.07) is 5.76. The van der Waals surface area contributed by atoms with E-state index in [4.69, 9.17) is 4.74 Å². The number of benzene rings is 1. The molecule has 0 amide bonds. The van der Waals surface area contributed by atoms with Crippen LogP contribution in [0.4, 0.5) is 10.3 Å². The predicted octanol–water partition coefficient (Wildman–Crippen LogP) is 3.99. The van der Waals surface area contributed by atoms with Crippen molar-refractivity contribution in [3.05, 3.63) is 40.8 Å². The molecule has 1 aromatic heterocycles. The molecule has 2 aromatic rings. The minimum atomic E-state index is -0.306. The van der Waals surface area contributed by atoms with Gasteiger partial charge < -0.3 is 10.1 Å². The van der Waals surface area contributed by atoms with Gasteiger partial charge in [-0.3, -0.25) is 0 Å². The summed E-state index contributed by atoms with van der Waals surface area (Å²) in [5, 5.41) is 3.07. The van der Waals surface area contributed by atoms with Crippen molar-refractivity contribution in [2.45, 2.75) is 13.3 Å². The maximum atomic E-state index is 12.8. The van der Waals surface area contributed by atoms with Gasteiger partial charge in [-0.1, -0.05) is 6.92 Å². The van der Waals surface area contributed by atoms with Crippen molar-refractivity contribution in [1.82, 2.24) is 9.97 Å². The molecule has 0 bridgehead atoms. The summed E-state index contributed by atoms with van der Waals surface area (Å²) in [5.41, 5.74) is 0. The zero-order chi connectivity index (χ0) is 13.7. The van der Waals surface area contributed by atoms with E-state index in [9.17, 15) is 4.39 Å². The van der Waals surface area contributed by atoms with Gasteiger partial charge in [0.25, 0.3) is 0 Å². The van der Waals surface area contributed by atoms with Crippen molar-refractivity contribution in [1.29, 1.82) is 0 Å². The van der Waals surface area contributed by atoms with Crippen LogP contribution in [0.15, 0.2) is 34.9 Å². The molecule has 0 fully saturated rings. The van der Waals surface area contributed by atoms with E-state index in [1.165, 1.54) is 12.1 Å². The molecular formula is C13H13BrFN3O. The van der Waals surface area contributed by atoms with Crippen molar-refractivity contribution in [3.63, 3.8) is 0 Å². The lowest BCUT2D eigenvalue weighted by Crippen LogP contribution is -2.04. The Morgan fingerprint density at radius 2 is 2.05 bits per heavy atom. The van der Waals surface area contributed by atoms with Gasteiger partial charge in [-0.2, -0.15) is 4.98 Å². The molecule has 0 saturated carbocycles. The summed E-state index contributed by atoms with van der Waals surface area (Å²) >= 11 is 3.32. The van der Waals surface area contributed by atoms with Gasteiger partial charge >= 0.3 is 0 Å². The largest absolute Gasteiger partial charge is 0.438 e. The summed E-state index contributed by atoms with van der Waals surface area (Å²) in [6.45, 7) is 2.85. The molecular weight excluding hydrogens is 313 g/mol. The zero-order valence-electron chi connectivity index (χ0n) is 10.4. The van der Waals surface area contributed by atoms with E-state index < -0.39 is 0 Å². The van der Waals surface area contributed by atoms with Crippen LogP contribution in [0, 0.1) is 5.82 Å². The Hall–Kier alpha value is -1.69. The minimum absolute atomic E-state index is 0.306. The van der Waals surface area contributed by atoms with Crippen molar-refractivity contribution in [3.8, 4) is 11.6 Å². The fourth-order valence-corrected chi connectivity index (χ4v) is 1.63. The van der Waals surface area contributed by atoms with Crippen LogP contribution in [0.1, 0.15) is 13.3 Å². The maximum absolute atomic E-state index is 12.8. The van der Waals surface area contributed by atoms with Crippen LogP contribution in [0.3, 0.4) is 0 Å². The molecule has 0 aliphatic carbocycles. The summed E-state index contributed by atoms with van der Waals surface area (Å²) in [6.07, 6.45) is 2.59. The quantitative estimate of drug-likeness (QED) is 0.902. The SMILES string of the molecule is CCCNc1ncc(Br)c(Oc2ccc(F)cc2)n1. The Morgan fingerprint density at radius 3 is 2.74 bits per heavy atom. The van der Waals surface area contributed by atoms with Gasteiger partial charge in [-0.25, -0.2) is 9.37 Å². The van der Waals surface area contributed by atoms with Crippen LogP contribution < -0.4 is 10.1 Å². The average Bonchev–Trinajstić information content (AvgIpc) is 2.42. The average molecular weight is 326 g/mol. The highest BCUT2D eigenvalue weighted by molar-refractivity contribution is 9.10. The second-order valence-corrected chi connectivity index (χ2v) is 4.68. The Kier molecular flexibility index (Phi) is 4.68. The third-order valence-electron chi connectivity index (χ3n) is 2.27. The smallest absolute Gasteiger partial charge is 0.238 e. The van der Waals surface area contributed by atoms with Gasteiger partial charge in [-0.05, 0) is 46.6 Å². The van der Waals surface area contributed by atoms with Crippen molar-refractivity contribution >= 4 is 21.9 Å². The Labute approximate surface area is 119 Å². The van der Waals surface area contributed by atoms with Crippen LogP contribution in [0.25, 0.3) is 0 Å². The molecule has 100 valence electrons. The van der Waals surface area contributed by atoms with Crippen LogP contribution >= 0.6 is 15.9 Å². The number of rotatable bonds is 5. The Bertz CT molecular complexity index is 548. The van der Waals surface area contributed by atoms with Crippen LogP contribution in [0.5, 0.6) is 11.6 Å². The zero-order valence-corrected chi connectivity index (χ0v) is 11.9. The summed E-state index contributed by atoms with van der Waals surface area (Å²) in [4.78, 5) is 8.37. The van der Waals surface area contributed by atoms with E-state index in [-0.39, 0.29) is 5.82 Å². The van der Waals surface area contributed by atoms with E-state index in [0.717, 1.165) is 13.0 Å². The first-order valence-electron chi connectivity index (χ1n) is 5.89. The standard InChI is InChI=1S/C13H13BrFN3O/c1-2-7-16-13-17-8-11(14)12(18-13)19-10-5-3-9(15)4-6-10/h3-6,8H,2,7H2,1H3,(H,16,17,18). The van der Waals surface area contributed by atoms with Crippen molar-refractivity contribution in [2.24, 2.45) is 0 Å². The number of ether oxygens (including phenoxy) is 1. The number of aromatic nitrogens is 2. The third kappa shape index (κ3) is 3.89. The molecule has 4 nitrogen and oxygen atoms in total. The summed E-state index contributed by atoms with van der Waals surface area (Å²) < 4.78 is 19.0. The highest BCUT2D eigenvalue weighted by atomic mass is 79.9. The highest BCUT2D eigenvalue weighted by Gasteiger charge is 2.07. The molecule has 0 unspecified atom stereocenters. The second kappa shape index (κ2) is 6.47. The maximum Gasteiger partial charge on any atom is 0.238 e. The van der Waals surface area contributed by atoms with E-state index >= 15 is 0 Å². The molecule has 19 heavy (non-hydrogen) atoms. The Balaban J connectivity index is 2.16. The molecule has 2 rings (SSSR count). The lowest BCUT2D eigenvalue weighted by molar-refractivity contribution is 0.457. The molecule has 0 atom stereocenters. The highest BCUT2D eigenvalue weighted by Crippen LogP contribution is 2.27. The molecule has 0 spiro atoms. The number of hydrogen-bond acceptors (Lipinski definition) is 4. The molecule has 1 N–H and O–H groups in total. The van der Waals surface area contributed by atoms with E-state index in [2.05, 4.69) is 38.1 Å². The second-order valence-electron chi connectivity index (χ2n) is 3.83. The van der Waals surface area contributed by atoms with Gasteiger partial charge in [0.05, 0.1) is 10.7 Å². The van der Waals surface area contributed by atoms with Gasteiger partial charge in [0.2, 0.25) is 11.8 Å². The van der Waals surface area contributed by atoms with Gasteiger partial charge in [-0.15, -0.1) is 0 Å². The normalized spacial score (nSPS) is 10.3. The topological polar surface area (TPSA) is 47.0 Å². The summed E-state index contributed by atoms with van der Waals surface area (Å²) in [7, 11) is 0. The van der Waals surface area contributed by atoms with E-state index in [1.807, 2.05) is 0 Å². The first-order chi connectivity index (χ1) is 9.19. The number of nitrogens with zero attached hydrogens (tertiary/aromatic N) is 2. The molecule has 0 saturated heterocycles. The van der Waals surface area contributed by atoms with Crippen LogP contribution in [0.2, 0.25) is 0 Å². The fourth-order valence-electron chi connectivity index (χ4n) is 1.36. The van der Waals surface area contributed by atoms with Gasteiger partial charge in [0, 0.05) is 6.54 Å². The number of halogens is 2. The van der Waals surface area contributed by atoms with E-state index in [1.54, 1.807) is 18.3 Å². The number of hydrogen-bond donors (Lipinski definition) is 1. The Morgan fingerprint density at radius 1 is 1.32 bits per heavy atom. The first-order valence-corrected chi connectivity index (χ1v) is 6.68. The molecule has 6 heteroatoms. The number of anilines is 1. The van der Waals surface area contributed by atoms with Crippen LogP contribution in [-0.2, 0) is 0 Å². The summed E-state index contributed by atoms with van der Waals surface area (Å²) in [5.74, 6) is 1.10. The number of nitrogens with one attached hydrogen (secondary N) is 1. The van der Waals surface area contributed by atoms with Gasteiger partial charge in [0.1, 0.15) is 11.6 Å². The van der Waals surface area contributed by atoms with Crippen molar-refractivity contribution in [2.75, 3.05) is 11.9 Å². The van der Waals surface area contributed by atoms with Gasteiger partial charge in [0.15, 0.2) is 0 Å². The van der Waals surface area contributed by atoms with E-state index in [0.29, 0.717) is 22.1 Å². The lowest BCUT2D eigenvalue weighted by atomic mass is 10.3. The fraction of sp³-hybridized carbons (Fsp3) is 0.231. The molecule has 0 radical (unpaired) electrons. The van der Waals surface area contributed by atoms with Crippen LogP contribution in [-0.4, -0.2) is 16.5 Å². The first kappa shape index (κ1) is 13.7. The molecule has 0 aliphatic rings. The predicted molar refractivity (Wildman–Crippen MR) is 75.0 cm³/mol. The minimum Gasteiger partial charge on any atom is -0.438 e. The monoisotopic (exact) mass is 325 g/mol.